The molecule has 1 aliphatic heterocycles. The summed E-state index contributed by atoms with van der Waals surface area (Å²) < 4.78 is 41.9. The van der Waals surface area contributed by atoms with Crippen LogP contribution in [0.25, 0.3) is 0 Å². The van der Waals surface area contributed by atoms with E-state index in [2.05, 4.69) is 18.7 Å². The van der Waals surface area contributed by atoms with Crippen LogP contribution >= 0.6 is 0 Å². The maximum Gasteiger partial charge on any atom is 0.214 e. The Morgan fingerprint density at radius 2 is 1.89 bits per heavy atom. The molecular formula is C21H32FN3O2S. The number of nitrogens with two attached hydrogens (primary N) is 1. The Hall–Kier alpha value is -1.18. The van der Waals surface area contributed by atoms with E-state index in [1.165, 1.54) is 12.1 Å². The first-order valence-electron chi connectivity index (χ1n) is 10.3. The van der Waals surface area contributed by atoms with Crippen molar-refractivity contribution in [2.45, 2.75) is 46.1 Å². The predicted molar refractivity (Wildman–Crippen MR) is 110 cm³/mol. The van der Waals surface area contributed by atoms with Gasteiger partial charge in [-0.2, -0.15) is 4.31 Å². The molecule has 28 heavy (non-hydrogen) atoms. The molecule has 0 aromatic heterocycles. The molecule has 0 radical (unpaired) electrons. The molecule has 156 valence electrons. The van der Waals surface area contributed by atoms with Crippen LogP contribution in [0.4, 0.5) is 10.1 Å². The topological polar surface area (TPSA) is 66.6 Å². The quantitative estimate of drug-likeness (QED) is 0.830. The van der Waals surface area contributed by atoms with Crippen molar-refractivity contribution in [2.24, 2.45) is 22.5 Å². The molecular weight excluding hydrogens is 377 g/mol. The molecule has 2 bridgehead atoms. The minimum Gasteiger partial charge on any atom is -0.369 e. The molecule has 2 saturated carbocycles. The van der Waals surface area contributed by atoms with Crippen LogP contribution in [0, 0.1) is 29.5 Å². The van der Waals surface area contributed by atoms with Gasteiger partial charge >= 0.3 is 0 Å². The van der Waals surface area contributed by atoms with E-state index in [1.807, 2.05) is 6.92 Å². The van der Waals surface area contributed by atoms with Gasteiger partial charge in [-0.15, -0.1) is 0 Å². The zero-order chi connectivity index (χ0) is 20.3. The first-order valence-corrected chi connectivity index (χ1v) is 11.9. The second-order valence-corrected chi connectivity index (χ2v) is 11.5. The third kappa shape index (κ3) is 2.97. The summed E-state index contributed by atoms with van der Waals surface area (Å²) in [6.45, 7) is 8.40. The Morgan fingerprint density at radius 1 is 1.21 bits per heavy atom. The molecule has 1 heterocycles. The van der Waals surface area contributed by atoms with E-state index in [0.29, 0.717) is 32.1 Å². The van der Waals surface area contributed by atoms with E-state index in [0.717, 1.165) is 30.5 Å². The third-order valence-corrected chi connectivity index (χ3v) is 10.1. The average molecular weight is 410 g/mol. The zero-order valence-corrected chi connectivity index (χ0v) is 17.9. The van der Waals surface area contributed by atoms with Crippen LogP contribution in [0.1, 0.15) is 38.7 Å². The number of nitrogens with zero attached hydrogens (tertiary/aromatic N) is 2. The van der Waals surface area contributed by atoms with Crippen LogP contribution < -0.4 is 10.6 Å². The minimum absolute atomic E-state index is 0.0278. The maximum absolute atomic E-state index is 13.6. The summed E-state index contributed by atoms with van der Waals surface area (Å²) in [5, 5.41) is 0. The van der Waals surface area contributed by atoms with Gasteiger partial charge in [0.1, 0.15) is 5.82 Å². The third-order valence-electron chi connectivity index (χ3n) is 8.07. The first kappa shape index (κ1) is 20.1. The van der Waals surface area contributed by atoms with Crippen LogP contribution in [0.5, 0.6) is 0 Å². The van der Waals surface area contributed by atoms with E-state index in [-0.39, 0.29) is 28.4 Å². The minimum atomic E-state index is -3.39. The van der Waals surface area contributed by atoms with Crippen LogP contribution in [-0.4, -0.2) is 50.7 Å². The lowest BCUT2D eigenvalue weighted by atomic mass is 9.69. The van der Waals surface area contributed by atoms with Crippen LogP contribution in [-0.2, 0) is 10.0 Å². The number of piperazine rings is 1. The predicted octanol–water partition coefficient (Wildman–Crippen LogP) is 2.74. The fourth-order valence-corrected chi connectivity index (χ4v) is 8.33. The van der Waals surface area contributed by atoms with Crippen molar-refractivity contribution in [3.63, 3.8) is 0 Å². The number of benzene rings is 1. The Kier molecular flexibility index (Phi) is 4.79. The van der Waals surface area contributed by atoms with E-state index in [4.69, 9.17) is 5.73 Å². The van der Waals surface area contributed by atoms with E-state index in [1.54, 1.807) is 10.4 Å². The van der Waals surface area contributed by atoms with E-state index < -0.39 is 10.0 Å². The number of rotatable bonds is 4. The average Bonchev–Trinajstić information content (AvgIpc) is 2.98. The molecule has 7 heteroatoms. The molecule has 0 amide bonds. The number of aryl methyl sites for hydroxylation is 1. The second kappa shape index (κ2) is 6.67. The van der Waals surface area contributed by atoms with Crippen molar-refractivity contribution >= 4 is 15.7 Å². The standard InChI is InChI=1S/C21H32FN3O2S/c1-15-4-5-17(22)13-18(15)24-8-10-25(11-9-24)28(26,27)14-21-7-6-16(12-19(21)23)20(21,2)3/h4-5,13,16,19H,6-12,14,23H2,1-3H3. The van der Waals surface area contributed by atoms with Crippen LogP contribution in [0.2, 0.25) is 0 Å². The van der Waals surface area contributed by atoms with Crippen molar-refractivity contribution in [3.05, 3.63) is 29.6 Å². The van der Waals surface area contributed by atoms with Crippen molar-refractivity contribution in [3.8, 4) is 0 Å². The van der Waals surface area contributed by atoms with Gasteiger partial charge in [-0.05, 0) is 55.2 Å². The first-order chi connectivity index (χ1) is 13.1. The van der Waals surface area contributed by atoms with Crippen molar-refractivity contribution in [1.29, 1.82) is 0 Å². The van der Waals surface area contributed by atoms with Crippen molar-refractivity contribution in [2.75, 3.05) is 36.8 Å². The molecule has 1 aromatic carbocycles. The molecule has 3 fully saturated rings. The summed E-state index contributed by atoms with van der Waals surface area (Å²) in [6, 6.07) is 4.73. The summed E-state index contributed by atoms with van der Waals surface area (Å²) in [7, 11) is -3.39. The highest BCUT2D eigenvalue weighted by atomic mass is 32.2. The summed E-state index contributed by atoms with van der Waals surface area (Å²) in [5.74, 6) is 0.428. The summed E-state index contributed by atoms with van der Waals surface area (Å²) in [4.78, 5) is 2.08. The molecule has 3 aliphatic rings. The molecule has 2 N–H and O–H groups in total. The maximum atomic E-state index is 13.6. The molecule has 3 unspecified atom stereocenters. The highest BCUT2D eigenvalue weighted by Crippen LogP contribution is 2.65. The Balaban J connectivity index is 1.48. The van der Waals surface area contributed by atoms with Gasteiger partial charge in [0.15, 0.2) is 0 Å². The summed E-state index contributed by atoms with van der Waals surface area (Å²) >= 11 is 0. The van der Waals surface area contributed by atoms with Gasteiger partial charge in [0.05, 0.1) is 5.75 Å². The fraction of sp³-hybridized carbons (Fsp3) is 0.714. The lowest BCUT2D eigenvalue weighted by molar-refractivity contribution is 0.137. The number of hydrogen-bond acceptors (Lipinski definition) is 4. The van der Waals surface area contributed by atoms with Gasteiger partial charge in [-0.3, -0.25) is 0 Å². The number of hydrogen-bond donors (Lipinski definition) is 1. The van der Waals surface area contributed by atoms with Gasteiger partial charge in [-0.25, -0.2) is 12.8 Å². The Bertz CT molecular complexity index is 864. The fourth-order valence-electron chi connectivity index (χ4n) is 6.04. The largest absolute Gasteiger partial charge is 0.369 e. The van der Waals surface area contributed by atoms with Crippen LogP contribution in [0.3, 0.4) is 0 Å². The smallest absolute Gasteiger partial charge is 0.214 e. The van der Waals surface area contributed by atoms with Crippen molar-refractivity contribution < 1.29 is 12.8 Å². The zero-order valence-electron chi connectivity index (χ0n) is 17.1. The van der Waals surface area contributed by atoms with Gasteiger partial charge in [0, 0.05) is 43.3 Å². The van der Waals surface area contributed by atoms with Crippen molar-refractivity contribution in [1.82, 2.24) is 4.31 Å². The molecule has 3 atom stereocenters. The van der Waals surface area contributed by atoms with Gasteiger partial charge in [-0.1, -0.05) is 19.9 Å². The molecule has 4 rings (SSSR count). The van der Waals surface area contributed by atoms with Gasteiger partial charge < -0.3 is 10.6 Å². The SMILES string of the molecule is Cc1ccc(F)cc1N1CCN(S(=O)(=O)CC23CCC(CC2N)C3(C)C)CC1. The monoisotopic (exact) mass is 409 g/mol. The molecule has 1 aromatic rings. The molecule has 1 saturated heterocycles. The lowest BCUT2D eigenvalue weighted by Gasteiger charge is -2.43. The highest BCUT2D eigenvalue weighted by molar-refractivity contribution is 7.89. The summed E-state index contributed by atoms with van der Waals surface area (Å²) in [5.41, 5.74) is 7.99. The second-order valence-electron chi connectivity index (χ2n) is 9.53. The molecule has 2 aliphatic carbocycles. The van der Waals surface area contributed by atoms with E-state index >= 15 is 0 Å². The Labute approximate surface area is 168 Å². The normalized spacial score (nSPS) is 32.8. The highest BCUT2D eigenvalue weighted by Gasteiger charge is 2.64. The molecule has 0 spiro atoms. The number of halogens is 1. The van der Waals surface area contributed by atoms with Crippen LogP contribution in [0.15, 0.2) is 18.2 Å². The number of fused-ring (bicyclic) bond motifs is 2. The molecule has 5 nitrogen and oxygen atoms in total. The summed E-state index contributed by atoms with van der Waals surface area (Å²) in [6.07, 6.45) is 2.94. The lowest BCUT2D eigenvalue weighted by Crippen LogP contribution is -2.54. The number of anilines is 1. The Morgan fingerprint density at radius 3 is 2.46 bits per heavy atom. The number of sulfonamides is 1. The van der Waals surface area contributed by atoms with Gasteiger partial charge in [0.2, 0.25) is 10.0 Å². The van der Waals surface area contributed by atoms with E-state index in [9.17, 15) is 12.8 Å². The van der Waals surface area contributed by atoms with Gasteiger partial charge in [0.25, 0.3) is 0 Å².